The van der Waals surface area contributed by atoms with Crippen LogP contribution >= 0.6 is 23.1 Å². The van der Waals surface area contributed by atoms with Gasteiger partial charge in [0.2, 0.25) is 0 Å². The zero-order valence-electron chi connectivity index (χ0n) is 16.0. The van der Waals surface area contributed by atoms with Crippen LogP contribution in [0.2, 0.25) is 0 Å². The van der Waals surface area contributed by atoms with Crippen LogP contribution in [0, 0.1) is 22.7 Å². The number of hydrogen-bond donors (Lipinski definition) is 0. The van der Waals surface area contributed by atoms with E-state index in [0.717, 1.165) is 40.5 Å². The number of methoxy groups -OCH3 is 1. The van der Waals surface area contributed by atoms with Gasteiger partial charge in [0.25, 0.3) is 0 Å². The molecule has 2 aromatic heterocycles. The first kappa shape index (κ1) is 19.4. The molecule has 4 nitrogen and oxygen atoms in total. The first-order valence-electron chi connectivity index (χ1n) is 9.32. The van der Waals surface area contributed by atoms with Gasteiger partial charge in [-0.15, -0.1) is 23.1 Å². The zero-order chi connectivity index (χ0) is 20.2. The Morgan fingerprint density at radius 3 is 2.69 bits per heavy atom. The van der Waals surface area contributed by atoms with Crippen molar-refractivity contribution in [1.29, 1.82) is 10.5 Å². The van der Waals surface area contributed by atoms with Gasteiger partial charge in [0, 0.05) is 22.7 Å². The predicted molar refractivity (Wildman–Crippen MR) is 120 cm³/mol. The van der Waals surface area contributed by atoms with Crippen molar-refractivity contribution in [3.05, 3.63) is 69.8 Å². The second kappa shape index (κ2) is 8.61. The topological polar surface area (TPSA) is 61.7 Å². The molecule has 2 aliphatic rings. The van der Waals surface area contributed by atoms with Gasteiger partial charge >= 0.3 is 0 Å². The van der Waals surface area contributed by atoms with Gasteiger partial charge in [0.1, 0.15) is 17.7 Å². The second-order valence-electron chi connectivity index (χ2n) is 6.69. The van der Waals surface area contributed by atoms with Gasteiger partial charge in [-0.05, 0) is 60.7 Å². The number of thioether (sulfide) groups is 1. The number of aromatic nitrogens is 1. The molecule has 0 radical (unpaired) electrons. The van der Waals surface area contributed by atoms with Crippen molar-refractivity contribution in [1.82, 2.24) is 4.57 Å². The van der Waals surface area contributed by atoms with Crippen LogP contribution in [0.4, 0.5) is 0 Å². The van der Waals surface area contributed by atoms with E-state index in [4.69, 9.17) is 15.3 Å². The predicted octanol–water partition coefficient (Wildman–Crippen LogP) is 6.50. The number of ether oxygens (including phenoxy) is 1. The molecule has 0 saturated carbocycles. The van der Waals surface area contributed by atoms with Gasteiger partial charge in [0.05, 0.1) is 28.7 Å². The van der Waals surface area contributed by atoms with Crippen LogP contribution in [0.25, 0.3) is 22.3 Å². The summed E-state index contributed by atoms with van der Waals surface area (Å²) in [6.45, 7) is 0. The molecule has 1 atom stereocenters. The average molecular weight is 418 g/mol. The fourth-order valence-electron chi connectivity index (χ4n) is 3.56. The van der Waals surface area contributed by atoms with E-state index in [1.54, 1.807) is 24.5 Å². The smallest absolute Gasteiger partial charge is 0.131 e. The maximum Gasteiger partial charge on any atom is 0.131 e. The summed E-state index contributed by atoms with van der Waals surface area (Å²) in [5.74, 6) is 1.00. The van der Waals surface area contributed by atoms with E-state index in [1.807, 2.05) is 30.0 Å². The molecule has 3 heterocycles. The molecule has 29 heavy (non-hydrogen) atoms. The molecule has 1 unspecified atom stereocenters. The number of rotatable bonds is 5. The van der Waals surface area contributed by atoms with E-state index in [9.17, 15) is 0 Å². The van der Waals surface area contributed by atoms with Crippen LogP contribution in [0.3, 0.4) is 0 Å². The lowest BCUT2D eigenvalue weighted by Crippen LogP contribution is -2.08. The summed E-state index contributed by atoms with van der Waals surface area (Å²) >= 11 is 3.45. The number of nitrogens with zero attached hydrogens (tertiary/aromatic N) is 3. The van der Waals surface area contributed by atoms with E-state index in [2.05, 4.69) is 46.4 Å². The Labute approximate surface area is 178 Å². The monoisotopic (exact) mass is 417 g/mol. The highest BCUT2D eigenvalue weighted by Crippen LogP contribution is 2.43. The molecule has 144 valence electrons. The van der Waals surface area contributed by atoms with Gasteiger partial charge in [0.15, 0.2) is 0 Å². The third-order valence-electron chi connectivity index (χ3n) is 4.98. The Morgan fingerprint density at radius 2 is 2.03 bits per heavy atom. The van der Waals surface area contributed by atoms with Crippen molar-refractivity contribution in [2.24, 2.45) is 0 Å². The SMILES string of the molecule is COC1=CC=C(n2c(-c3ccc(C=C(C#N)C#N)s3)ccc2C2CC=CS2)CC1. The van der Waals surface area contributed by atoms with E-state index >= 15 is 0 Å². The molecule has 0 N–H and O–H groups in total. The lowest BCUT2D eigenvalue weighted by Gasteiger charge is -2.22. The molecule has 0 aromatic carbocycles. The lowest BCUT2D eigenvalue weighted by atomic mass is 10.1. The average Bonchev–Trinajstić information content (AvgIpc) is 3.52. The Kier molecular flexibility index (Phi) is 5.76. The molecule has 0 amide bonds. The van der Waals surface area contributed by atoms with Crippen LogP contribution in [0.5, 0.6) is 0 Å². The first-order chi connectivity index (χ1) is 14.2. The van der Waals surface area contributed by atoms with E-state index in [1.165, 1.54) is 11.4 Å². The van der Waals surface area contributed by atoms with Crippen LogP contribution in [0.1, 0.15) is 35.1 Å². The van der Waals surface area contributed by atoms with Crippen LogP contribution < -0.4 is 0 Å². The van der Waals surface area contributed by atoms with Gasteiger partial charge < -0.3 is 9.30 Å². The molecule has 0 fully saturated rings. The van der Waals surface area contributed by atoms with E-state index in [0.29, 0.717) is 5.25 Å². The van der Waals surface area contributed by atoms with Crippen LogP contribution in [-0.4, -0.2) is 11.7 Å². The lowest BCUT2D eigenvalue weighted by molar-refractivity contribution is 0.277. The van der Waals surface area contributed by atoms with E-state index < -0.39 is 0 Å². The molecule has 6 heteroatoms. The number of thiophene rings is 1. The Bertz CT molecular complexity index is 1110. The van der Waals surface area contributed by atoms with Gasteiger partial charge in [-0.25, -0.2) is 0 Å². The first-order valence-corrected chi connectivity index (χ1v) is 11.1. The third kappa shape index (κ3) is 3.96. The number of allylic oxidation sites excluding steroid dienone is 6. The summed E-state index contributed by atoms with van der Waals surface area (Å²) in [7, 11) is 1.72. The normalized spacial score (nSPS) is 17.8. The van der Waals surface area contributed by atoms with Crippen molar-refractivity contribution in [2.75, 3.05) is 7.11 Å². The summed E-state index contributed by atoms with van der Waals surface area (Å²) in [5, 5.41) is 20.6. The largest absolute Gasteiger partial charge is 0.501 e. The maximum absolute atomic E-state index is 9.02. The molecule has 0 spiro atoms. The van der Waals surface area contributed by atoms with Crippen molar-refractivity contribution in [3.8, 4) is 22.7 Å². The van der Waals surface area contributed by atoms with Gasteiger partial charge in [-0.3, -0.25) is 0 Å². The number of nitriles is 2. The highest BCUT2D eigenvalue weighted by molar-refractivity contribution is 8.02. The Morgan fingerprint density at radius 1 is 1.17 bits per heavy atom. The van der Waals surface area contributed by atoms with Crippen molar-refractivity contribution in [3.63, 3.8) is 0 Å². The molecular formula is C23H19N3OS2. The quantitative estimate of drug-likeness (QED) is 0.521. The fraction of sp³-hybridized carbons (Fsp3) is 0.217. The van der Waals surface area contributed by atoms with Crippen LogP contribution in [-0.2, 0) is 4.74 Å². The molecule has 4 rings (SSSR count). The summed E-state index contributed by atoms with van der Waals surface area (Å²) < 4.78 is 7.78. The number of hydrogen-bond acceptors (Lipinski definition) is 5. The van der Waals surface area contributed by atoms with Crippen molar-refractivity contribution >= 4 is 34.9 Å². The Balaban J connectivity index is 1.77. The van der Waals surface area contributed by atoms with Gasteiger partial charge in [-0.1, -0.05) is 6.08 Å². The highest BCUT2D eigenvalue weighted by atomic mass is 32.2. The van der Waals surface area contributed by atoms with Gasteiger partial charge in [-0.2, -0.15) is 10.5 Å². The molecule has 1 aliphatic heterocycles. The standard InChI is InChI=1S/C23H19N3OS2/c1-27-18-6-4-17(5-7-18)26-20(22-3-2-12-28-22)9-10-21(26)23-11-8-19(29-23)13-16(14-24)15-25/h2,4,6,8-13,22H,3,5,7H2,1H3. The third-order valence-corrected chi connectivity index (χ3v) is 7.14. The molecule has 0 saturated heterocycles. The minimum Gasteiger partial charge on any atom is -0.501 e. The summed E-state index contributed by atoms with van der Waals surface area (Å²) in [6.07, 6.45) is 10.9. The molecule has 2 aromatic rings. The van der Waals surface area contributed by atoms with Crippen LogP contribution in [0.15, 0.2) is 59.2 Å². The molecule has 1 aliphatic carbocycles. The summed E-state index contributed by atoms with van der Waals surface area (Å²) in [4.78, 5) is 2.03. The minimum absolute atomic E-state index is 0.120. The fourth-order valence-corrected chi connectivity index (χ4v) is 5.48. The second-order valence-corrected chi connectivity index (χ2v) is 8.92. The summed E-state index contributed by atoms with van der Waals surface area (Å²) in [6, 6.07) is 12.3. The maximum atomic E-state index is 9.02. The molecular weight excluding hydrogens is 398 g/mol. The highest BCUT2D eigenvalue weighted by Gasteiger charge is 2.23. The van der Waals surface area contributed by atoms with Crippen molar-refractivity contribution < 1.29 is 4.74 Å². The van der Waals surface area contributed by atoms with E-state index in [-0.39, 0.29) is 5.57 Å². The zero-order valence-corrected chi connectivity index (χ0v) is 17.6. The minimum atomic E-state index is 0.120. The summed E-state index contributed by atoms with van der Waals surface area (Å²) in [5.41, 5.74) is 3.83. The molecule has 0 bridgehead atoms. The Hall–Kier alpha value is -2.93. The van der Waals surface area contributed by atoms with Crippen molar-refractivity contribution in [2.45, 2.75) is 24.5 Å².